The van der Waals surface area contributed by atoms with Crippen LogP contribution < -0.4 is 20.6 Å². The van der Waals surface area contributed by atoms with Crippen molar-refractivity contribution >= 4 is 0 Å². The van der Waals surface area contributed by atoms with Crippen LogP contribution in [0.25, 0.3) is 0 Å². The Morgan fingerprint density at radius 1 is 1.50 bits per heavy atom. The summed E-state index contributed by atoms with van der Waals surface area (Å²) >= 11 is 0. The molecule has 0 aromatic carbocycles. The molecule has 0 saturated carbocycles. The summed E-state index contributed by atoms with van der Waals surface area (Å²) in [6, 6.07) is 0.932. The first-order valence-electron chi connectivity index (χ1n) is 5.07. The number of aromatic nitrogens is 2. The van der Waals surface area contributed by atoms with E-state index in [-0.39, 0.29) is 5.55 Å². The Kier molecular flexibility index (Phi) is 2.31. The molecule has 1 aromatic heterocycles. The van der Waals surface area contributed by atoms with Crippen molar-refractivity contribution in [2.45, 2.75) is 45.2 Å². The number of nitrogens with zero attached hydrogens (tertiary/aromatic N) is 3. The van der Waals surface area contributed by atoms with Gasteiger partial charge >= 0.3 is 0 Å². The molecule has 1 aliphatic heterocycles. The van der Waals surface area contributed by atoms with E-state index < -0.39 is 0 Å². The molecule has 0 radical (unpaired) electrons. The lowest BCUT2D eigenvalue weighted by atomic mass is 10.00. The zero-order valence-corrected chi connectivity index (χ0v) is 8.60. The van der Waals surface area contributed by atoms with Crippen molar-refractivity contribution in [2.24, 2.45) is 0 Å². The molecular formula is C9H16N4O. The minimum absolute atomic E-state index is 0.106. The molecule has 0 unspecified atom stereocenters. The third kappa shape index (κ3) is 1.54. The van der Waals surface area contributed by atoms with E-state index in [1.807, 2.05) is 0 Å². The molecule has 0 bridgehead atoms. The predicted octanol–water partition coefficient (Wildman–Crippen LogP) is -0.0973. The second kappa shape index (κ2) is 3.48. The normalized spacial score (nSPS) is 28.0. The molecule has 1 fully saturated rings. The van der Waals surface area contributed by atoms with Crippen LogP contribution in [0.2, 0.25) is 0 Å². The number of hydrogen-bond donors (Lipinski definition) is 1. The van der Waals surface area contributed by atoms with Gasteiger partial charge in [-0.2, -0.15) is 0 Å². The summed E-state index contributed by atoms with van der Waals surface area (Å²) in [5, 5.41) is 13.3. The van der Waals surface area contributed by atoms with Crippen LogP contribution in [-0.4, -0.2) is 12.1 Å². The third-order valence-electron chi connectivity index (χ3n) is 2.84. The first-order valence-corrected chi connectivity index (χ1v) is 5.07. The number of piperidine rings is 1. The van der Waals surface area contributed by atoms with Crippen LogP contribution >= 0.6 is 0 Å². The first-order chi connectivity index (χ1) is 6.68. The summed E-state index contributed by atoms with van der Waals surface area (Å²) in [5.74, 6) is 0. The zero-order chi connectivity index (χ0) is 10.1. The van der Waals surface area contributed by atoms with Gasteiger partial charge in [0.05, 0.1) is 0 Å². The van der Waals surface area contributed by atoms with E-state index in [2.05, 4.69) is 24.1 Å². The Labute approximate surface area is 82.8 Å². The van der Waals surface area contributed by atoms with Crippen molar-refractivity contribution in [3.05, 3.63) is 11.8 Å². The van der Waals surface area contributed by atoms with E-state index in [9.17, 15) is 0 Å². The van der Waals surface area contributed by atoms with Crippen molar-refractivity contribution in [2.75, 3.05) is 5.01 Å². The van der Waals surface area contributed by atoms with Crippen molar-refractivity contribution in [3.63, 3.8) is 0 Å². The van der Waals surface area contributed by atoms with Crippen molar-refractivity contribution < 1.29 is 9.31 Å². The molecular weight excluding hydrogens is 180 g/mol. The number of nitrogens with one attached hydrogen (secondary N) is 1. The topological polar surface area (TPSA) is 58.2 Å². The quantitative estimate of drug-likeness (QED) is 0.638. The fourth-order valence-corrected chi connectivity index (χ4v) is 2.16. The molecule has 2 rings (SSSR count). The Balaban J connectivity index is 2.26. The Morgan fingerprint density at radius 3 is 2.64 bits per heavy atom. The molecule has 1 saturated heterocycles. The van der Waals surface area contributed by atoms with E-state index >= 15 is 0 Å². The van der Waals surface area contributed by atoms with E-state index in [0.717, 1.165) is 0 Å². The molecule has 1 aromatic rings. The molecule has 14 heavy (non-hydrogen) atoms. The van der Waals surface area contributed by atoms with Crippen LogP contribution in [0.5, 0.6) is 0 Å². The standard InChI is InChI=1S/C9H16N4O/c1-7-4-3-5-8(2)13(7)12-6-9(10)14-11-12/h6-8,10H,3-5H2,1-2H3/t7-,8+. The molecule has 2 atom stereocenters. The monoisotopic (exact) mass is 196 g/mol. The maximum absolute atomic E-state index is 7.29. The number of hydrogen-bond acceptors (Lipinski definition) is 3. The average Bonchev–Trinajstić information content (AvgIpc) is 2.51. The van der Waals surface area contributed by atoms with E-state index in [4.69, 9.17) is 9.93 Å². The second-order valence-electron chi connectivity index (χ2n) is 4.00. The van der Waals surface area contributed by atoms with E-state index in [1.165, 1.54) is 19.3 Å². The Morgan fingerprint density at radius 2 is 2.14 bits per heavy atom. The number of rotatable bonds is 1. The van der Waals surface area contributed by atoms with Crippen LogP contribution in [0.3, 0.4) is 0 Å². The second-order valence-corrected chi connectivity index (χ2v) is 4.00. The minimum Gasteiger partial charge on any atom is -0.380 e. The van der Waals surface area contributed by atoms with Crippen LogP contribution in [0.4, 0.5) is 0 Å². The molecule has 5 nitrogen and oxygen atoms in total. The van der Waals surface area contributed by atoms with E-state index in [0.29, 0.717) is 12.1 Å². The lowest BCUT2D eigenvalue weighted by molar-refractivity contribution is -0.771. The van der Waals surface area contributed by atoms with Crippen molar-refractivity contribution in [1.29, 1.82) is 5.41 Å². The van der Waals surface area contributed by atoms with Gasteiger partial charge in [0.2, 0.25) is 0 Å². The third-order valence-corrected chi connectivity index (χ3v) is 2.84. The predicted molar refractivity (Wildman–Crippen MR) is 49.1 cm³/mol. The van der Waals surface area contributed by atoms with Crippen LogP contribution in [0, 0.1) is 5.41 Å². The summed E-state index contributed by atoms with van der Waals surface area (Å²) in [6.07, 6.45) is 5.23. The minimum atomic E-state index is 0.106. The highest BCUT2D eigenvalue weighted by Gasteiger charge is 2.25. The summed E-state index contributed by atoms with van der Waals surface area (Å²) < 4.78 is 4.75. The van der Waals surface area contributed by atoms with Gasteiger partial charge in [0.15, 0.2) is 0 Å². The highest BCUT2D eigenvalue weighted by molar-refractivity contribution is 4.90. The average molecular weight is 196 g/mol. The molecule has 78 valence electrons. The van der Waals surface area contributed by atoms with Crippen molar-refractivity contribution in [1.82, 2.24) is 5.27 Å². The molecule has 1 aliphatic rings. The molecule has 1 N–H and O–H groups in total. The molecule has 0 spiro atoms. The Hall–Kier alpha value is -1.26. The first kappa shape index (κ1) is 9.30. The maximum atomic E-state index is 7.29. The fraction of sp³-hybridized carbons (Fsp3) is 0.778. The maximum Gasteiger partial charge on any atom is 0.286 e. The molecule has 0 aliphatic carbocycles. The van der Waals surface area contributed by atoms with Gasteiger partial charge in [0.25, 0.3) is 11.8 Å². The summed E-state index contributed by atoms with van der Waals surface area (Å²) in [7, 11) is 0. The van der Waals surface area contributed by atoms with Gasteiger partial charge in [-0.1, -0.05) is 25.1 Å². The highest BCUT2D eigenvalue weighted by atomic mass is 16.5. The van der Waals surface area contributed by atoms with Crippen LogP contribution in [0.1, 0.15) is 33.1 Å². The lowest BCUT2D eigenvalue weighted by Gasteiger charge is -2.39. The van der Waals surface area contributed by atoms with Gasteiger partial charge in [0, 0.05) is 12.1 Å². The molecule has 2 heterocycles. The van der Waals surface area contributed by atoms with Gasteiger partial charge in [-0.25, -0.2) is 0 Å². The van der Waals surface area contributed by atoms with E-state index in [1.54, 1.807) is 11.0 Å². The zero-order valence-electron chi connectivity index (χ0n) is 8.60. The fourth-order valence-electron chi connectivity index (χ4n) is 2.16. The summed E-state index contributed by atoms with van der Waals surface area (Å²) in [4.78, 5) is 1.66. The van der Waals surface area contributed by atoms with Gasteiger partial charge in [-0.3, -0.25) is 10.4 Å². The largest absolute Gasteiger partial charge is 0.380 e. The Bertz CT molecular complexity index is 346. The summed E-state index contributed by atoms with van der Waals surface area (Å²) in [6.45, 7) is 4.36. The van der Waals surface area contributed by atoms with Gasteiger partial charge in [-0.05, 0) is 18.1 Å². The van der Waals surface area contributed by atoms with Crippen molar-refractivity contribution in [3.8, 4) is 0 Å². The molecule has 5 heteroatoms. The summed E-state index contributed by atoms with van der Waals surface area (Å²) in [5.41, 5.74) is 0.106. The van der Waals surface area contributed by atoms with Gasteiger partial charge in [0.1, 0.15) is 0 Å². The molecule has 0 amide bonds. The lowest BCUT2D eigenvalue weighted by Crippen LogP contribution is -2.68. The van der Waals surface area contributed by atoms with Gasteiger partial charge in [-0.15, -0.1) is 0 Å². The SMILES string of the molecule is C[C@@H]1CCC[C@H](C)N1[n+]1cc(=N)o[n-]1. The van der Waals surface area contributed by atoms with Gasteiger partial charge < -0.3 is 4.52 Å². The highest BCUT2D eigenvalue weighted by Crippen LogP contribution is 2.17. The van der Waals surface area contributed by atoms with Crippen LogP contribution in [-0.2, 0) is 0 Å². The van der Waals surface area contributed by atoms with Crippen LogP contribution in [0.15, 0.2) is 10.7 Å². The smallest absolute Gasteiger partial charge is 0.286 e.